The summed E-state index contributed by atoms with van der Waals surface area (Å²) in [6.07, 6.45) is 1.08. The zero-order valence-corrected chi connectivity index (χ0v) is 22.2. The number of halogens is 2. The van der Waals surface area contributed by atoms with Crippen LogP contribution < -0.4 is 19.5 Å². The van der Waals surface area contributed by atoms with Gasteiger partial charge in [0.05, 0.1) is 28.0 Å². The van der Waals surface area contributed by atoms with Gasteiger partial charge in [0.2, 0.25) is 10.0 Å². The number of hydrogen-bond acceptors (Lipinski definition) is 6. The minimum Gasteiger partial charge on any atom is -0.494 e. The number of nitrogens with zero attached hydrogens (tertiary/aromatic N) is 2. The third-order valence-corrected chi connectivity index (χ3v) is 7.45. The summed E-state index contributed by atoms with van der Waals surface area (Å²) in [5.74, 6) is 1.39. The average molecular weight is 558 g/mol. The number of rotatable bonds is 9. The van der Waals surface area contributed by atoms with E-state index < -0.39 is 10.0 Å². The van der Waals surface area contributed by atoms with Crippen molar-refractivity contribution < 1.29 is 17.9 Å². The van der Waals surface area contributed by atoms with Crippen LogP contribution in [0.15, 0.2) is 72.9 Å². The van der Waals surface area contributed by atoms with Gasteiger partial charge in [-0.05, 0) is 66.9 Å². The molecular formula is C27H25Cl2N3O4S. The molecule has 0 radical (unpaired) electrons. The largest absolute Gasteiger partial charge is 0.494 e. The maximum Gasteiger partial charge on any atom is 0.209 e. The van der Waals surface area contributed by atoms with Crippen LogP contribution >= 0.6 is 23.2 Å². The van der Waals surface area contributed by atoms with Crippen LogP contribution in [0.5, 0.6) is 17.2 Å². The normalized spacial score (nSPS) is 15.5. The lowest BCUT2D eigenvalue weighted by Gasteiger charge is -2.20. The van der Waals surface area contributed by atoms with Gasteiger partial charge in [-0.15, -0.1) is 0 Å². The number of benzene rings is 3. The predicted octanol–water partition coefficient (Wildman–Crippen LogP) is 6.22. The lowest BCUT2D eigenvalue weighted by molar-refractivity contribution is 0.317. The molecule has 1 fully saturated rings. The molecule has 37 heavy (non-hydrogen) atoms. The van der Waals surface area contributed by atoms with Gasteiger partial charge in [-0.1, -0.05) is 41.9 Å². The average Bonchev–Trinajstić information content (AvgIpc) is 3.25. The van der Waals surface area contributed by atoms with E-state index in [2.05, 4.69) is 17.5 Å². The van der Waals surface area contributed by atoms with Gasteiger partial charge in [0, 0.05) is 23.8 Å². The molecule has 0 aliphatic carbocycles. The van der Waals surface area contributed by atoms with Gasteiger partial charge in [0.15, 0.2) is 5.75 Å². The summed E-state index contributed by atoms with van der Waals surface area (Å²) < 4.78 is 33.7. The maximum absolute atomic E-state index is 11.0. The molecule has 1 heterocycles. The predicted molar refractivity (Wildman–Crippen MR) is 146 cm³/mol. The van der Waals surface area contributed by atoms with Crippen molar-refractivity contribution in [2.45, 2.75) is 18.8 Å². The van der Waals surface area contributed by atoms with Gasteiger partial charge in [-0.3, -0.25) is 0 Å². The van der Waals surface area contributed by atoms with Gasteiger partial charge in [-0.2, -0.15) is 5.26 Å². The lowest BCUT2D eigenvalue weighted by Crippen LogP contribution is -2.18. The second kappa shape index (κ2) is 11.4. The first-order valence-corrected chi connectivity index (χ1v) is 14.0. The first kappa shape index (κ1) is 26.8. The highest BCUT2D eigenvalue weighted by Crippen LogP contribution is 2.41. The maximum atomic E-state index is 11.0. The molecule has 192 valence electrons. The van der Waals surface area contributed by atoms with Crippen molar-refractivity contribution in [3.05, 3.63) is 94.1 Å². The number of hydrogen-bond donors (Lipinski definition) is 1. The molecule has 0 spiro atoms. The Bertz CT molecular complexity index is 1450. The van der Waals surface area contributed by atoms with E-state index in [1.54, 1.807) is 24.3 Å². The van der Waals surface area contributed by atoms with Crippen LogP contribution in [0.25, 0.3) is 0 Å². The molecule has 1 saturated heterocycles. The molecule has 10 heteroatoms. The highest BCUT2D eigenvalue weighted by molar-refractivity contribution is 7.89. The third kappa shape index (κ3) is 6.76. The van der Waals surface area contributed by atoms with Crippen molar-refractivity contribution >= 4 is 38.9 Å². The monoisotopic (exact) mass is 557 g/mol. The molecule has 3 aromatic carbocycles. The zero-order valence-electron chi connectivity index (χ0n) is 19.9. The number of nitriles is 1. The molecule has 1 aliphatic rings. The Labute approximate surface area is 226 Å². The first-order chi connectivity index (χ1) is 17.6. The fraction of sp³-hybridized carbons (Fsp3) is 0.222. The van der Waals surface area contributed by atoms with E-state index in [0.717, 1.165) is 23.4 Å². The third-order valence-electron chi connectivity index (χ3n) is 5.98. The van der Waals surface area contributed by atoms with Crippen molar-refractivity contribution in [3.8, 4) is 23.3 Å². The van der Waals surface area contributed by atoms with E-state index in [1.807, 2.05) is 36.4 Å². The quantitative estimate of drug-likeness (QED) is 0.313. The first-order valence-electron chi connectivity index (χ1n) is 11.5. The van der Waals surface area contributed by atoms with E-state index >= 15 is 0 Å². The standard InChI is InChI=1S/C27H25Cl2N3O4S/c1-18-14-21(17-32(18)22-7-9-23(10-8-22)35-12-3-13-37(31,33)34)19-6-11-24(28)26(15-19)36-27-20(16-30)4-2-5-25(27)29/h2,4-11,15,21H,1,3,12-14,17H2,(H2,31,33,34)/t21-/m0/s1. The van der Waals surface area contributed by atoms with Crippen LogP contribution in [0.4, 0.5) is 5.69 Å². The number of sulfonamides is 1. The number of para-hydroxylation sites is 1. The number of allylic oxidation sites excluding steroid dienone is 1. The topological polar surface area (TPSA) is 106 Å². The molecule has 0 saturated carbocycles. The summed E-state index contributed by atoms with van der Waals surface area (Å²) in [5, 5.41) is 15.2. The van der Waals surface area contributed by atoms with E-state index in [0.29, 0.717) is 40.1 Å². The summed E-state index contributed by atoms with van der Waals surface area (Å²) in [7, 11) is -3.49. The zero-order chi connectivity index (χ0) is 26.6. The Hall–Kier alpha value is -3.22. The Kier molecular flexibility index (Phi) is 8.30. The van der Waals surface area contributed by atoms with Crippen LogP contribution in [0.1, 0.15) is 29.9 Å². The highest BCUT2D eigenvalue weighted by atomic mass is 35.5. The second-order valence-corrected chi connectivity index (χ2v) is 11.2. The van der Waals surface area contributed by atoms with Gasteiger partial charge in [-0.25, -0.2) is 13.6 Å². The number of nitrogens with two attached hydrogens (primary N) is 1. The van der Waals surface area contributed by atoms with Crippen LogP contribution in [0.2, 0.25) is 10.0 Å². The molecule has 0 unspecified atom stereocenters. The van der Waals surface area contributed by atoms with Crippen molar-refractivity contribution in [1.82, 2.24) is 0 Å². The van der Waals surface area contributed by atoms with E-state index in [-0.39, 0.29) is 24.0 Å². The molecule has 7 nitrogen and oxygen atoms in total. The summed E-state index contributed by atoms with van der Waals surface area (Å²) in [4.78, 5) is 2.15. The smallest absolute Gasteiger partial charge is 0.209 e. The van der Waals surface area contributed by atoms with Crippen molar-refractivity contribution in [2.75, 3.05) is 23.8 Å². The molecular weight excluding hydrogens is 533 g/mol. The van der Waals surface area contributed by atoms with E-state index in [9.17, 15) is 13.7 Å². The Morgan fingerprint density at radius 2 is 1.86 bits per heavy atom. The van der Waals surface area contributed by atoms with Gasteiger partial charge in [0.1, 0.15) is 17.6 Å². The number of anilines is 1. The summed E-state index contributed by atoms with van der Waals surface area (Å²) in [5.41, 5.74) is 3.31. The van der Waals surface area contributed by atoms with Crippen LogP contribution in [0, 0.1) is 11.3 Å². The Morgan fingerprint density at radius 1 is 1.11 bits per heavy atom. The van der Waals surface area contributed by atoms with Crippen LogP contribution in [0.3, 0.4) is 0 Å². The summed E-state index contributed by atoms with van der Waals surface area (Å²) >= 11 is 12.7. The number of ether oxygens (including phenoxy) is 2. The summed E-state index contributed by atoms with van der Waals surface area (Å²) in [6, 6.07) is 20.3. The van der Waals surface area contributed by atoms with Crippen molar-refractivity contribution in [1.29, 1.82) is 5.26 Å². The molecule has 0 amide bonds. The molecule has 0 bridgehead atoms. The van der Waals surface area contributed by atoms with Gasteiger partial charge >= 0.3 is 0 Å². The molecule has 4 rings (SSSR count). The SMILES string of the molecule is C=C1C[C@H](c2ccc(Cl)c(Oc3c(Cl)cccc3C#N)c2)CN1c1ccc(OCCCS(N)(=O)=O)cc1. The molecule has 1 aliphatic heterocycles. The summed E-state index contributed by atoms with van der Waals surface area (Å²) in [6.45, 7) is 5.23. The Morgan fingerprint density at radius 3 is 2.57 bits per heavy atom. The molecule has 1 atom stereocenters. The Balaban J connectivity index is 1.44. The second-order valence-electron chi connectivity index (χ2n) is 8.66. The van der Waals surface area contributed by atoms with Crippen molar-refractivity contribution in [3.63, 3.8) is 0 Å². The van der Waals surface area contributed by atoms with Gasteiger partial charge in [0.25, 0.3) is 0 Å². The minimum absolute atomic E-state index is 0.116. The van der Waals surface area contributed by atoms with Crippen LogP contribution in [-0.4, -0.2) is 27.3 Å². The minimum atomic E-state index is -3.49. The van der Waals surface area contributed by atoms with Gasteiger partial charge < -0.3 is 14.4 Å². The van der Waals surface area contributed by atoms with E-state index in [4.69, 9.17) is 37.8 Å². The molecule has 3 aromatic rings. The highest BCUT2D eigenvalue weighted by Gasteiger charge is 2.28. The lowest BCUT2D eigenvalue weighted by atomic mass is 9.97. The molecule has 0 aromatic heterocycles. The molecule has 2 N–H and O–H groups in total. The van der Waals surface area contributed by atoms with E-state index in [1.165, 1.54) is 0 Å². The van der Waals surface area contributed by atoms with Crippen LogP contribution in [-0.2, 0) is 10.0 Å². The van der Waals surface area contributed by atoms with Crippen molar-refractivity contribution in [2.24, 2.45) is 5.14 Å². The fourth-order valence-corrected chi connectivity index (χ4v) is 5.04. The number of primary sulfonamides is 1. The fourth-order valence-electron chi connectivity index (χ4n) is 4.16.